The Labute approximate surface area is 126 Å². The first kappa shape index (κ1) is 17.1. The molecule has 3 unspecified atom stereocenters. The summed E-state index contributed by atoms with van der Waals surface area (Å²) < 4.78 is 38.8. The third-order valence-electron chi connectivity index (χ3n) is 5.22. The molecule has 2 aliphatic carbocycles. The summed E-state index contributed by atoms with van der Waals surface area (Å²) in [4.78, 5) is 1.75. The van der Waals surface area contributed by atoms with Crippen LogP contribution in [0.2, 0.25) is 0 Å². The van der Waals surface area contributed by atoms with E-state index in [0.29, 0.717) is 5.92 Å². The van der Waals surface area contributed by atoms with Gasteiger partial charge in [-0.3, -0.25) is 4.90 Å². The van der Waals surface area contributed by atoms with Crippen LogP contribution in [0, 0.1) is 11.3 Å². The Hall–Kier alpha value is -0.290. The Kier molecular flexibility index (Phi) is 4.94. The number of hydrogen-bond donors (Lipinski definition) is 1. The van der Waals surface area contributed by atoms with Crippen molar-refractivity contribution in [3.05, 3.63) is 0 Å². The van der Waals surface area contributed by atoms with Gasteiger partial charge < -0.3 is 5.32 Å². The zero-order valence-corrected chi connectivity index (χ0v) is 13.6. The Balaban J connectivity index is 2.14. The highest BCUT2D eigenvalue weighted by atomic mass is 19.4. The number of alkyl halides is 3. The van der Waals surface area contributed by atoms with Crippen LogP contribution < -0.4 is 5.32 Å². The second kappa shape index (κ2) is 6.07. The van der Waals surface area contributed by atoms with Crippen molar-refractivity contribution in [2.45, 2.75) is 77.2 Å². The Morgan fingerprint density at radius 2 is 1.67 bits per heavy atom. The molecule has 0 radical (unpaired) electrons. The van der Waals surface area contributed by atoms with Crippen LogP contribution in [-0.4, -0.2) is 42.8 Å². The number of nitrogens with one attached hydrogen (secondary N) is 1. The van der Waals surface area contributed by atoms with Crippen molar-refractivity contribution >= 4 is 0 Å². The molecule has 0 amide bonds. The summed E-state index contributed by atoms with van der Waals surface area (Å²) >= 11 is 0. The summed E-state index contributed by atoms with van der Waals surface area (Å²) in [7, 11) is 1.88. The minimum atomic E-state index is -4.10. The lowest BCUT2D eigenvalue weighted by Crippen LogP contribution is -2.56. The van der Waals surface area contributed by atoms with E-state index >= 15 is 0 Å². The molecule has 2 nitrogen and oxygen atoms in total. The summed E-state index contributed by atoms with van der Waals surface area (Å²) in [6, 6.07) is 0.347. The quantitative estimate of drug-likeness (QED) is 0.849. The van der Waals surface area contributed by atoms with E-state index in [1.54, 1.807) is 4.90 Å². The Bertz CT molecular complexity index is 344. The van der Waals surface area contributed by atoms with Gasteiger partial charge in [0.2, 0.25) is 0 Å². The van der Waals surface area contributed by atoms with Crippen LogP contribution in [0.4, 0.5) is 13.2 Å². The van der Waals surface area contributed by atoms with Gasteiger partial charge in [0.25, 0.3) is 0 Å². The van der Waals surface area contributed by atoms with E-state index in [1.165, 1.54) is 0 Å². The maximum atomic E-state index is 12.9. The van der Waals surface area contributed by atoms with Gasteiger partial charge in [-0.25, -0.2) is 0 Å². The third kappa shape index (κ3) is 4.59. The molecule has 21 heavy (non-hydrogen) atoms. The van der Waals surface area contributed by atoms with E-state index < -0.39 is 12.7 Å². The maximum Gasteiger partial charge on any atom is 0.401 e. The number of likely N-dealkylation sites (N-methyl/N-ethyl adjacent to an activating group) is 1. The van der Waals surface area contributed by atoms with Gasteiger partial charge in [0.15, 0.2) is 0 Å². The van der Waals surface area contributed by atoms with Gasteiger partial charge in [-0.2, -0.15) is 13.2 Å². The standard InChI is InChI=1S/C16H29F3N2/c1-15(2,3)11-5-8-13(20-4)14(9-11)21(12-6-7-12)10-16(17,18)19/h11-14,20H,5-10H2,1-4H3. The van der Waals surface area contributed by atoms with Crippen LogP contribution in [0.25, 0.3) is 0 Å². The molecule has 0 heterocycles. The number of rotatable bonds is 4. The molecular weight excluding hydrogens is 277 g/mol. The molecule has 5 heteroatoms. The number of nitrogens with zero attached hydrogens (tertiary/aromatic N) is 1. The van der Waals surface area contributed by atoms with Gasteiger partial charge in [0.05, 0.1) is 6.54 Å². The topological polar surface area (TPSA) is 15.3 Å². The zero-order valence-electron chi connectivity index (χ0n) is 13.6. The first-order chi connectivity index (χ1) is 9.62. The minimum absolute atomic E-state index is 0.0158. The first-order valence-corrected chi connectivity index (χ1v) is 8.11. The highest BCUT2D eigenvalue weighted by molar-refractivity contribution is 4.99. The summed E-state index contributed by atoms with van der Waals surface area (Å²) in [5.74, 6) is 0.501. The van der Waals surface area contributed by atoms with Crippen molar-refractivity contribution in [2.75, 3.05) is 13.6 Å². The summed E-state index contributed by atoms with van der Waals surface area (Å²) in [6.07, 6.45) is 0.698. The van der Waals surface area contributed by atoms with Crippen LogP contribution in [0.15, 0.2) is 0 Å². The molecule has 0 aromatic carbocycles. The fourth-order valence-electron chi connectivity index (χ4n) is 3.77. The molecule has 2 rings (SSSR count). The Morgan fingerprint density at radius 3 is 2.10 bits per heavy atom. The van der Waals surface area contributed by atoms with Crippen molar-refractivity contribution in [2.24, 2.45) is 11.3 Å². The minimum Gasteiger partial charge on any atom is -0.315 e. The van der Waals surface area contributed by atoms with Crippen molar-refractivity contribution in [1.29, 1.82) is 0 Å². The van der Waals surface area contributed by atoms with Gasteiger partial charge in [0, 0.05) is 18.1 Å². The fourth-order valence-corrected chi connectivity index (χ4v) is 3.77. The van der Waals surface area contributed by atoms with Gasteiger partial charge in [-0.15, -0.1) is 0 Å². The van der Waals surface area contributed by atoms with E-state index in [9.17, 15) is 13.2 Å². The van der Waals surface area contributed by atoms with Crippen LogP contribution in [0.3, 0.4) is 0 Å². The van der Waals surface area contributed by atoms with Gasteiger partial charge in [-0.05, 0) is 50.5 Å². The molecule has 0 spiro atoms. The van der Waals surface area contributed by atoms with Gasteiger partial charge >= 0.3 is 6.18 Å². The molecule has 0 bridgehead atoms. The van der Waals surface area contributed by atoms with Crippen LogP contribution >= 0.6 is 0 Å². The molecule has 3 atom stereocenters. The highest BCUT2D eigenvalue weighted by Crippen LogP contribution is 2.42. The van der Waals surface area contributed by atoms with E-state index in [0.717, 1.165) is 32.1 Å². The van der Waals surface area contributed by atoms with Crippen molar-refractivity contribution in [3.63, 3.8) is 0 Å². The van der Waals surface area contributed by atoms with E-state index in [2.05, 4.69) is 26.1 Å². The normalized spacial score (nSPS) is 31.7. The highest BCUT2D eigenvalue weighted by Gasteiger charge is 2.46. The molecule has 2 aliphatic rings. The van der Waals surface area contributed by atoms with Crippen LogP contribution in [0.1, 0.15) is 52.9 Å². The predicted octanol–water partition coefficient (Wildman–Crippen LogP) is 3.82. The summed E-state index contributed by atoms with van der Waals surface area (Å²) in [6.45, 7) is 5.87. The van der Waals surface area contributed by atoms with Crippen molar-refractivity contribution < 1.29 is 13.2 Å². The molecule has 2 saturated carbocycles. The molecule has 0 aromatic rings. The molecular formula is C16H29F3N2. The van der Waals surface area contributed by atoms with Crippen LogP contribution in [-0.2, 0) is 0 Å². The molecule has 1 N–H and O–H groups in total. The van der Waals surface area contributed by atoms with E-state index in [1.807, 2.05) is 7.05 Å². The van der Waals surface area contributed by atoms with Crippen LogP contribution in [0.5, 0.6) is 0 Å². The SMILES string of the molecule is CNC1CCC(C(C)(C)C)CC1N(CC(F)(F)F)C1CC1. The smallest absolute Gasteiger partial charge is 0.315 e. The average Bonchev–Trinajstić information content (AvgIpc) is 3.17. The van der Waals surface area contributed by atoms with E-state index in [-0.39, 0.29) is 23.5 Å². The zero-order chi connectivity index (χ0) is 15.8. The van der Waals surface area contributed by atoms with Gasteiger partial charge in [-0.1, -0.05) is 20.8 Å². The number of hydrogen-bond acceptors (Lipinski definition) is 2. The lowest BCUT2D eigenvalue weighted by molar-refractivity contribution is -0.156. The molecule has 2 fully saturated rings. The molecule has 0 aromatic heterocycles. The summed E-state index contributed by atoms with van der Waals surface area (Å²) in [5.41, 5.74) is 0.171. The lowest BCUT2D eigenvalue weighted by atomic mass is 9.69. The second-order valence-electron chi connectivity index (χ2n) is 7.86. The first-order valence-electron chi connectivity index (χ1n) is 8.11. The third-order valence-corrected chi connectivity index (χ3v) is 5.22. The van der Waals surface area contributed by atoms with E-state index in [4.69, 9.17) is 0 Å². The largest absolute Gasteiger partial charge is 0.401 e. The van der Waals surface area contributed by atoms with Crippen molar-refractivity contribution in [1.82, 2.24) is 10.2 Å². The maximum absolute atomic E-state index is 12.9. The predicted molar refractivity (Wildman–Crippen MR) is 79.2 cm³/mol. The lowest BCUT2D eigenvalue weighted by Gasteiger charge is -2.46. The average molecular weight is 306 g/mol. The summed E-state index contributed by atoms with van der Waals surface area (Å²) in [5, 5.41) is 3.27. The Morgan fingerprint density at radius 1 is 1.05 bits per heavy atom. The molecule has 0 saturated heterocycles. The van der Waals surface area contributed by atoms with Gasteiger partial charge in [0.1, 0.15) is 0 Å². The molecule has 124 valence electrons. The fraction of sp³-hybridized carbons (Fsp3) is 1.00. The molecule has 0 aliphatic heterocycles. The second-order valence-corrected chi connectivity index (χ2v) is 7.86. The monoisotopic (exact) mass is 306 g/mol. The van der Waals surface area contributed by atoms with Crippen molar-refractivity contribution in [3.8, 4) is 0 Å². The number of halogens is 3.